The molecule has 3 N–H and O–H groups in total. The normalized spacial score (nSPS) is 9.82. The molecule has 4 nitrogen and oxygen atoms in total. The van der Waals surface area contributed by atoms with Crippen LogP contribution in [-0.4, -0.2) is 12.5 Å². The fraction of sp³-hybridized carbons (Fsp3) is 0.133. The topological polar surface area (TPSA) is 64.3 Å². The first-order valence-electron chi connectivity index (χ1n) is 6.23. The number of hydrogen-bond acceptors (Lipinski definition) is 3. The van der Waals surface area contributed by atoms with Gasteiger partial charge in [0.15, 0.2) is 0 Å². The molecule has 0 radical (unpaired) electrons. The highest BCUT2D eigenvalue weighted by molar-refractivity contribution is 9.10. The third-order valence-electron chi connectivity index (χ3n) is 2.71. The number of aryl methyl sites for hydroxylation is 1. The Balaban J connectivity index is 0.00000242. The molecule has 0 bridgehead atoms. The van der Waals surface area contributed by atoms with Crippen LogP contribution >= 0.6 is 39.9 Å². The molecule has 0 saturated heterocycles. The molecule has 0 aliphatic heterocycles. The van der Waals surface area contributed by atoms with Crippen molar-refractivity contribution in [3.63, 3.8) is 0 Å². The zero-order valence-electron chi connectivity index (χ0n) is 11.7. The third kappa shape index (κ3) is 4.88. The van der Waals surface area contributed by atoms with Gasteiger partial charge in [-0.2, -0.15) is 0 Å². The molecule has 0 aliphatic carbocycles. The number of nitrogens with one attached hydrogen (secondary N) is 1. The Bertz CT molecular complexity index is 681. The summed E-state index contributed by atoms with van der Waals surface area (Å²) in [4.78, 5) is 11.2. The minimum Gasteiger partial charge on any atom is -0.455 e. The summed E-state index contributed by atoms with van der Waals surface area (Å²) in [5, 5.41) is 3.03. The molecule has 0 fully saturated rings. The molecule has 22 heavy (non-hydrogen) atoms. The summed E-state index contributed by atoms with van der Waals surface area (Å²) in [6, 6.07) is 10.8. The van der Waals surface area contributed by atoms with Crippen LogP contribution in [0, 0.1) is 6.92 Å². The maximum Gasteiger partial charge on any atom is 0.238 e. The second-order valence-corrected chi connectivity index (χ2v) is 5.69. The summed E-state index contributed by atoms with van der Waals surface area (Å²) in [5.41, 5.74) is 6.94. The molecule has 0 heterocycles. The molecule has 0 aromatic heterocycles. The van der Waals surface area contributed by atoms with E-state index < -0.39 is 0 Å². The lowest BCUT2D eigenvalue weighted by molar-refractivity contribution is -0.114. The van der Waals surface area contributed by atoms with Crippen LogP contribution in [0.2, 0.25) is 5.02 Å². The fourth-order valence-electron chi connectivity index (χ4n) is 1.68. The van der Waals surface area contributed by atoms with Gasteiger partial charge in [0.05, 0.1) is 16.0 Å². The Morgan fingerprint density at radius 1 is 1.27 bits per heavy atom. The standard InChI is InChI=1S/C15H14BrClN2O2.ClH/c1-9-2-4-13(11(16)6-9)21-14-5-3-10(7-12(14)17)19-15(20)8-18;/h2-7H,8,18H2,1H3,(H,19,20);1H. The lowest BCUT2D eigenvalue weighted by Gasteiger charge is -2.11. The molecular formula is C15H15BrCl2N2O2. The number of nitrogens with two attached hydrogens (primary N) is 1. The number of carbonyl (C=O) groups is 1. The van der Waals surface area contributed by atoms with Gasteiger partial charge in [0.2, 0.25) is 5.91 Å². The molecule has 2 rings (SSSR count). The molecule has 2 aromatic carbocycles. The molecule has 1 amide bonds. The van der Waals surface area contributed by atoms with Gasteiger partial charge in [0.1, 0.15) is 11.5 Å². The summed E-state index contributed by atoms with van der Waals surface area (Å²) in [6.45, 7) is 1.92. The average molecular weight is 406 g/mol. The van der Waals surface area contributed by atoms with Gasteiger partial charge >= 0.3 is 0 Å². The van der Waals surface area contributed by atoms with E-state index in [4.69, 9.17) is 22.1 Å². The highest BCUT2D eigenvalue weighted by Gasteiger charge is 2.08. The summed E-state index contributed by atoms with van der Waals surface area (Å²) in [5.74, 6) is 0.897. The van der Waals surface area contributed by atoms with E-state index >= 15 is 0 Å². The summed E-state index contributed by atoms with van der Waals surface area (Å²) >= 11 is 9.61. The van der Waals surface area contributed by atoms with E-state index in [2.05, 4.69) is 21.2 Å². The summed E-state index contributed by atoms with van der Waals surface area (Å²) in [7, 11) is 0. The molecule has 2 aromatic rings. The van der Waals surface area contributed by atoms with Gasteiger partial charge in [-0.15, -0.1) is 12.4 Å². The first-order chi connectivity index (χ1) is 9.99. The highest BCUT2D eigenvalue weighted by Crippen LogP contribution is 2.35. The van der Waals surface area contributed by atoms with Crippen LogP contribution in [0.4, 0.5) is 5.69 Å². The number of amides is 1. The van der Waals surface area contributed by atoms with Crippen molar-refractivity contribution in [1.29, 1.82) is 0 Å². The van der Waals surface area contributed by atoms with Gasteiger partial charge in [-0.1, -0.05) is 17.7 Å². The van der Waals surface area contributed by atoms with Crippen LogP contribution in [-0.2, 0) is 4.79 Å². The molecular weight excluding hydrogens is 391 g/mol. The average Bonchev–Trinajstić information content (AvgIpc) is 2.44. The van der Waals surface area contributed by atoms with Gasteiger partial charge in [-0.3, -0.25) is 4.79 Å². The number of anilines is 1. The van der Waals surface area contributed by atoms with Crippen LogP contribution < -0.4 is 15.8 Å². The van der Waals surface area contributed by atoms with E-state index in [9.17, 15) is 4.79 Å². The SMILES string of the molecule is Cc1ccc(Oc2ccc(NC(=O)CN)cc2Cl)c(Br)c1.Cl. The van der Waals surface area contributed by atoms with Crippen LogP contribution in [0.3, 0.4) is 0 Å². The minimum atomic E-state index is -0.277. The van der Waals surface area contributed by atoms with E-state index in [-0.39, 0.29) is 24.9 Å². The first-order valence-corrected chi connectivity index (χ1v) is 7.40. The Kier molecular flexibility index (Phi) is 7.16. The quantitative estimate of drug-likeness (QED) is 0.785. The number of rotatable bonds is 4. The second kappa shape index (κ2) is 8.39. The van der Waals surface area contributed by atoms with Gasteiger partial charge < -0.3 is 15.8 Å². The number of halogens is 3. The predicted molar refractivity (Wildman–Crippen MR) is 95.3 cm³/mol. The van der Waals surface area contributed by atoms with E-state index in [1.807, 2.05) is 25.1 Å². The van der Waals surface area contributed by atoms with Crippen molar-refractivity contribution >= 4 is 51.5 Å². The van der Waals surface area contributed by atoms with Crippen molar-refractivity contribution in [2.75, 3.05) is 11.9 Å². The van der Waals surface area contributed by atoms with Crippen molar-refractivity contribution in [3.05, 3.63) is 51.5 Å². The van der Waals surface area contributed by atoms with Crippen molar-refractivity contribution in [3.8, 4) is 11.5 Å². The van der Waals surface area contributed by atoms with E-state index in [1.54, 1.807) is 18.2 Å². The van der Waals surface area contributed by atoms with Crippen LogP contribution in [0.5, 0.6) is 11.5 Å². The highest BCUT2D eigenvalue weighted by atomic mass is 79.9. The van der Waals surface area contributed by atoms with Crippen LogP contribution in [0.15, 0.2) is 40.9 Å². The Labute approximate surface area is 148 Å². The van der Waals surface area contributed by atoms with Crippen molar-refractivity contribution in [2.24, 2.45) is 5.73 Å². The lowest BCUT2D eigenvalue weighted by atomic mass is 10.2. The zero-order valence-corrected chi connectivity index (χ0v) is 14.9. The van der Waals surface area contributed by atoms with Gasteiger partial charge in [-0.05, 0) is 58.7 Å². The molecule has 0 unspecified atom stereocenters. The third-order valence-corrected chi connectivity index (χ3v) is 3.62. The number of hydrogen-bond donors (Lipinski definition) is 2. The molecule has 7 heteroatoms. The Hall–Kier alpha value is -1.27. The number of benzene rings is 2. The maximum atomic E-state index is 11.2. The molecule has 118 valence electrons. The second-order valence-electron chi connectivity index (χ2n) is 4.43. The first kappa shape index (κ1) is 18.8. The van der Waals surface area contributed by atoms with Crippen molar-refractivity contribution < 1.29 is 9.53 Å². The molecule has 0 saturated carbocycles. The number of carbonyl (C=O) groups excluding carboxylic acids is 1. The summed E-state index contributed by atoms with van der Waals surface area (Å²) in [6.07, 6.45) is 0. The molecule has 0 spiro atoms. The molecule has 0 aliphatic rings. The largest absolute Gasteiger partial charge is 0.455 e. The smallest absolute Gasteiger partial charge is 0.238 e. The predicted octanol–water partition coefficient (Wildman–Crippen LogP) is 4.52. The van der Waals surface area contributed by atoms with Crippen LogP contribution in [0.25, 0.3) is 0 Å². The lowest BCUT2D eigenvalue weighted by Crippen LogP contribution is -2.21. The fourth-order valence-corrected chi connectivity index (χ4v) is 2.47. The zero-order chi connectivity index (χ0) is 15.4. The van der Waals surface area contributed by atoms with Gasteiger partial charge in [-0.25, -0.2) is 0 Å². The van der Waals surface area contributed by atoms with Gasteiger partial charge in [0.25, 0.3) is 0 Å². The van der Waals surface area contributed by atoms with E-state index in [0.29, 0.717) is 22.2 Å². The van der Waals surface area contributed by atoms with E-state index in [0.717, 1.165) is 10.0 Å². The number of ether oxygens (including phenoxy) is 1. The summed E-state index contributed by atoms with van der Waals surface area (Å²) < 4.78 is 6.61. The van der Waals surface area contributed by atoms with Crippen molar-refractivity contribution in [2.45, 2.75) is 6.92 Å². The van der Waals surface area contributed by atoms with Crippen LogP contribution in [0.1, 0.15) is 5.56 Å². The van der Waals surface area contributed by atoms with Crippen molar-refractivity contribution in [1.82, 2.24) is 0 Å². The monoisotopic (exact) mass is 404 g/mol. The van der Waals surface area contributed by atoms with E-state index in [1.165, 1.54) is 0 Å². The Morgan fingerprint density at radius 3 is 2.55 bits per heavy atom. The Morgan fingerprint density at radius 2 is 1.95 bits per heavy atom. The maximum absolute atomic E-state index is 11.2. The molecule has 0 atom stereocenters. The minimum absolute atomic E-state index is 0. The van der Waals surface area contributed by atoms with Gasteiger partial charge in [0, 0.05) is 5.69 Å².